The fraction of sp³-hybridized carbons (Fsp3) is 0.350. The zero-order chi connectivity index (χ0) is 22.5. The van der Waals surface area contributed by atoms with Crippen molar-refractivity contribution < 1.29 is 33.5 Å². The summed E-state index contributed by atoms with van der Waals surface area (Å²) in [7, 11) is 2.55. The fourth-order valence-corrected chi connectivity index (χ4v) is 4.60. The third-order valence-corrected chi connectivity index (χ3v) is 5.97. The molecule has 10 nitrogen and oxygen atoms in total. The minimum atomic E-state index is -0.903. The molecule has 0 fully saturated rings. The summed E-state index contributed by atoms with van der Waals surface area (Å²) in [6.07, 6.45) is 3.52. The Kier molecular flexibility index (Phi) is 6.85. The zero-order valence-corrected chi connectivity index (χ0v) is 17.7. The quantitative estimate of drug-likeness (QED) is 0.388. The van der Waals surface area contributed by atoms with Crippen molar-refractivity contribution in [2.24, 2.45) is 0 Å². The average molecular weight is 448 g/mol. The van der Waals surface area contributed by atoms with Gasteiger partial charge in [0.15, 0.2) is 12.4 Å². The van der Waals surface area contributed by atoms with Gasteiger partial charge in [0.2, 0.25) is 0 Å². The number of anilines is 1. The molecule has 1 aliphatic rings. The fourth-order valence-electron chi connectivity index (χ4n) is 3.31. The second-order valence-corrected chi connectivity index (χ2v) is 7.78. The molecule has 0 spiro atoms. The number of methoxy groups -OCH3 is 2. The number of esters is 2. The first-order valence-electron chi connectivity index (χ1n) is 9.38. The van der Waals surface area contributed by atoms with Gasteiger partial charge in [-0.25, -0.2) is 9.59 Å². The third-order valence-electron chi connectivity index (χ3n) is 4.76. The molecule has 164 valence electrons. The molecule has 1 amide bonds. The summed E-state index contributed by atoms with van der Waals surface area (Å²) in [4.78, 5) is 48.2. The van der Waals surface area contributed by atoms with Gasteiger partial charge in [-0.05, 0) is 43.4 Å². The van der Waals surface area contributed by atoms with Gasteiger partial charge in [-0.15, -0.1) is 11.3 Å². The first-order valence-corrected chi connectivity index (χ1v) is 10.2. The Morgan fingerprint density at radius 2 is 1.90 bits per heavy atom. The van der Waals surface area contributed by atoms with E-state index in [0.717, 1.165) is 42.2 Å². The Morgan fingerprint density at radius 1 is 1.16 bits per heavy atom. The van der Waals surface area contributed by atoms with Crippen LogP contribution in [0, 0.1) is 10.1 Å². The standard InChI is InChI=1S/C20H20N2O8S/c1-28-14-8-7-11(9-13(14)22(26)27)19(24)30-10-16(23)21-18-17(20(25)29-2)12-5-3-4-6-15(12)31-18/h7-9H,3-6,10H2,1-2H3,(H,21,23). The van der Waals surface area contributed by atoms with E-state index in [1.54, 1.807) is 0 Å². The molecule has 1 aromatic heterocycles. The first kappa shape index (κ1) is 22.2. The predicted octanol–water partition coefficient (Wildman–Crippen LogP) is 3.13. The van der Waals surface area contributed by atoms with Gasteiger partial charge in [0.25, 0.3) is 5.91 Å². The van der Waals surface area contributed by atoms with E-state index in [0.29, 0.717) is 10.6 Å². The van der Waals surface area contributed by atoms with Gasteiger partial charge in [-0.1, -0.05) is 0 Å². The number of nitro benzene ring substituents is 1. The predicted molar refractivity (Wildman–Crippen MR) is 111 cm³/mol. The number of thiophene rings is 1. The lowest BCUT2D eigenvalue weighted by molar-refractivity contribution is -0.385. The van der Waals surface area contributed by atoms with Crippen LogP contribution in [0.4, 0.5) is 10.7 Å². The number of nitrogens with zero attached hydrogens (tertiary/aromatic N) is 1. The maximum atomic E-state index is 12.3. The Morgan fingerprint density at radius 3 is 2.58 bits per heavy atom. The molecule has 0 aliphatic heterocycles. The van der Waals surface area contributed by atoms with Gasteiger partial charge in [-0.2, -0.15) is 0 Å². The maximum absolute atomic E-state index is 12.3. The van der Waals surface area contributed by atoms with E-state index >= 15 is 0 Å². The molecule has 11 heteroatoms. The Bertz CT molecular complexity index is 1050. The molecule has 1 heterocycles. The lowest BCUT2D eigenvalue weighted by atomic mass is 9.95. The van der Waals surface area contributed by atoms with E-state index in [1.165, 1.54) is 37.7 Å². The maximum Gasteiger partial charge on any atom is 0.341 e. The molecule has 0 saturated heterocycles. The number of benzene rings is 1. The van der Waals surface area contributed by atoms with Crippen LogP contribution in [0.15, 0.2) is 18.2 Å². The van der Waals surface area contributed by atoms with Crippen molar-refractivity contribution in [3.8, 4) is 5.75 Å². The second kappa shape index (κ2) is 9.56. The van der Waals surface area contributed by atoms with E-state index < -0.39 is 35.1 Å². The van der Waals surface area contributed by atoms with Crippen LogP contribution in [-0.4, -0.2) is 43.6 Å². The van der Waals surface area contributed by atoms with Crippen LogP contribution >= 0.6 is 11.3 Å². The molecule has 0 unspecified atom stereocenters. The van der Waals surface area contributed by atoms with Crippen molar-refractivity contribution in [1.82, 2.24) is 0 Å². The number of hydrogen-bond acceptors (Lipinski definition) is 9. The minimum absolute atomic E-state index is 0.00343. The Labute approximate surface area is 181 Å². The summed E-state index contributed by atoms with van der Waals surface area (Å²) in [5.41, 5.74) is 0.740. The van der Waals surface area contributed by atoms with Crippen LogP contribution in [0.25, 0.3) is 0 Å². The monoisotopic (exact) mass is 448 g/mol. The topological polar surface area (TPSA) is 134 Å². The lowest BCUT2D eigenvalue weighted by Gasteiger charge is -2.11. The molecule has 1 N–H and O–H groups in total. The smallest absolute Gasteiger partial charge is 0.341 e. The largest absolute Gasteiger partial charge is 0.490 e. The van der Waals surface area contributed by atoms with Crippen LogP contribution in [0.1, 0.15) is 44.0 Å². The Balaban J connectivity index is 1.69. The summed E-state index contributed by atoms with van der Waals surface area (Å²) < 4.78 is 14.7. The summed E-state index contributed by atoms with van der Waals surface area (Å²) in [5, 5.41) is 14.1. The van der Waals surface area contributed by atoms with E-state index in [-0.39, 0.29) is 11.3 Å². The van der Waals surface area contributed by atoms with Crippen molar-refractivity contribution in [2.45, 2.75) is 25.7 Å². The van der Waals surface area contributed by atoms with Gasteiger partial charge in [0, 0.05) is 10.9 Å². The molecule has 0 radical (unpaired) electrons. The molecule has 1 aromatic carbocycles. The lowest BCUT2D eigenvalue weighted by Crippen LogP contribution is -2.22. The number of hydrogen-bond donors (Lipinski definition) is 1. The van der Waals surface area contributed by atoms with Crippen LogP contribution in [-0.2, 0) is 27.1 Å². The highest BCUT2D eigenvalue weighted by atomic mass is 32.1. The van der Waals surface area contributed by atoms with Crippen LogP contribution < -0.4 is 10.1 Å². The first-order chi connectivity index (χ1) is 14.8. The van der Waals surface area contributed by atoms with Gasteiger partial charge in [0.1, 0.15) is 5.00 Å². The van der Waals surface area contributed by atoms with E-state index in [4.69, 9.17) is 14.2 Å². The van der Waals surface area contributed by atoms with Crippen molar-refractivity contribution >= 4 is 39.9 Å². The van der Waals surface area contributed by atoms with Crippen LogP contribution in [0.3, 0.4) is 0 Å². The Hall–Kier alpha value is -3.47. The number of amides is 1. The minimum Gasteiger partial charge on any atom is -0.490 e. The second-order valence-electron chi connectivity index (χ2n) is 6.67. The van der Waals surface area contributed by atoms with Crippen molar-refractivity contribution in [3.05, 3.63) is 49.9 Å². The number of nitro groups is 1. The van der Waals surface area contributed by atoms with Gasteiger partial charge >= 0.3 is 17.6 Å². The molecule has 1 aliphatic carbocycles. The molecule has 0 atom stereocenters. The number of nitrogens with one attached hydrogen (secondary N) is 1. The average Bonchev–Trinajstić information content (AvgIpc) is 3.14. The number of rotatable bonds is 7. The molecule has 0 bridgehead atoms. The van der Waals surface area contributed by atoms with E-state index in [9.17, 15) is 24.5 Å². The van der Waals surface area contributed by atoms with Gasteiger partial charge < -0.3 is 19.5 Å². The number of ether oxygens (including phenoxy) is 3. The highest BCUT2D eigenvalue weighted by Gasteiger charge is 2.27. The molecule has 3 rings (SSSR count). The van der Waals surface area contributed by atoms with Crippen LogP contribution in [0.2, 0.25) is 0 Å². The van der Waals surface area contributed by atoms with Gasteiger partial charge in [-0.3, -0.25) is 14.9 Å². The van der Waals surface area contributed by atoms with Crippen LogP contribution in [0.5, 0.6) is 5.75 Å². The van der Waals surface area contributed by atoms with Crippen molar-refractivity contribution in [1.29, 1.82) is 0 Å². The number of carbonyl (C=O) groups is 3. The summed E-state index contributed by atoms with van der Waals surface area (Å²) in [6.45, 7) is -0.623. The summed E-state index contributed by atoms with van der Waals surface area (Å²) in [6, 6.07) is 3.59. The SMILES string of the molecule is COC(=O)c1c(NC(=O)COC(=O)c2ccc(OC)c([N+](=O)[O-])c2)sc2c1CCCC2. The van der Waals surface area contributed by atoms with Crippen molar-refractivity contribution in [2.75, 3.05) is 26.1 Å². The third kappa shape index (κ3) is 4.82. The highest BCUT2D eigenvalue weighted by Crippen LogP contribution is 2.38. The molecule has 31 heavy (non-hydrogen) atoms. The number of fused-ring (bicyclic) bond motifs is 1. The molecule has 0 saturated carbocycles. The normalized spacial score (nSPS) is 12.5. The van der Waals surface area contributed by atoms with E-state index in [2.05, 4.69) is 5.32 Å². The van der Waals surface area contributed by atoms with Gasteiger partial charge in [0.05, 0.1) is 30.3 Å². The molecule has 2 aromatic rings. The number of carbonyl (C=O) groups excluding carboxylic acids is 3. The zero-order valence-electron chi connectivity index (χ0n) is 16.9. The summed E-state index contributed by atoms with van der Waals surface area (Å²) >= 11 is 1.31. The molecular weight excluding hydrogens is 428 g/mol. The van der Waals surface area contributed by atoms with Crippen molar-refractivity contribution in [3.63, 3.8) is 0 Å². The highest BCUT2D eigenvalue weighted by molar-refractivity contribution is 7.17. The molecular formula is C20H20N2O8S. The number of aryl methyl sites for hydroxylation is 1. The van der Waals surface area contributed by atoms with E-state index in [1.807, 2.05) is 0 Å². The summed E-state index contributed by atoms with van der Waals surface area (Å²) in [5.74, 6) is -2.08.